The van der Waals surface area contributed by atoms with Gasteiger partial charge in [-0.2, -0.15) is 5.10 Å². The zero-order valence-electron chi connectivity index (χ0n) is 14.0. The summed E-state index contributed by atoms with van der Waals surface area (Å²) in [4.78, 5) is 24.1. The maximum Gasteiger partial charge on any atom is 0.282 e. The highest BCUT2D eigenvalue weighted by atomic mass is 79.9. The Morgan fingerprint density at radius 1 is 1.41 bits per heavy atom. The molecule has 0 aliphatic heterocycles. The number of nitrogens with zero attached hydrogens (tertiary/aromatic N) is 3. The fraction of sp³-hybridized carbons (Fsp3) is 0.222. The first-order valence-electron chi connectivity index (χ1n) is 8.12. The molecule has 4 rings (SSSR count). The van der Waals surface area contributed by atoms with Crippen LogP contribution in [0.25, 0.3) is 10.9 Å². The van der Waals surface area contributed by atoms with E-state index < -0.39 is 16.5 Å². The highest BCUT2D eigenvalue weighted by molar-refractivity contribution is 9.10. The summed E-state index contributed by atoms with van der Waals surface area (Å²) in [6.07, 6.45) is 2.00. The normalized spacial score (nSPS) is 13.9. The van der Waals surface area contributed by atoms with Crippen molar-refractivity contribution in [3.05, 3.63) is 66.5 Å². The Hall–Kier alpha value is -2.32. The van der Waals surface area contributed by atoms with E-state index in [1.165, 1.54) is 12.1 Å². The first kappa shape index (κ1) is 18.1. The van der Waals surface area contributed by atoms with Crippen LogP contribution >= 0.6 is 27.5 Å². The fourth-order valence-corrected chi connectivity index (χ4v) is 4.18. The van der Waals surface area contributed by atoms with Gasteiger partial charge in [-0.15, -0.1) is 0 Å². The van der Waals surface area contributed by atoms with Gasteiger partial charge in [-0.05, 0) is 47.0 Å². The van der Waals surface area contributed by atoms with Crippen LogP contribution in [0.15, 0.2) is 28.7 Å². The van der Waals surface area contributed by atoms with Crippen LogP contribution in [0.4, 0.5) is 10.1 Å². The van der Waals surface area contributed by atoms with Gasteiger partial charge in [0.2, 0.25) is 5.78 Å². The molecule has 9 heteroatoms. The molecule has 3 aromatic rings. The quantitative estimate of drug-likeness (QED) is 0.312. The SMILES string of the molecule is Cn1nc2c(Br)c(C(=O)c3cc(F)ccc3Cl)c([N+](=O)[O-])cc2c1C1CC1. The summed E-state index contributed by atoms with van der Waals surface area (Å²) >= 11 is 9.35. The third-order valence-electron chi connectivity index (χ3n) is 4.66. The number of hydrogen-bond donors (Lipinski definition) is 0. The molecule has 0 saturated heterocycles. The molecular weight excluding hydrogens is 441 g/mol. The molecule has 1 fully saturated rings. The number of aromatic nitrogens is 2. The predicted molar refractivity (Wildman–Crippen MR) is 102 cm³/mol. The third-order valence-corrected chi connectivity index (χ3v) is 5.76. The maximum atomic E-state index is 13.6. The summed E-state index contributed by atoms with van der Waals surface area (Å²) in [5, 5.41) is 16.8. The first-order chi connectivity index (χ1) is 12.8. The van der Waals surface area contributed by atoms with E-state index in [2.05, 4.69) is 21.0 Å². The maximum absolute atomic E-state index is 13.6. The molecule has 138 valence electrons. The van der Waals surface area contributed by atoms with Gasteiger partial charge in [-0.25, -0.2) is 4.39 Å². The predicted octanol–water partition coefficient (Wildman–Crippen LogP) is 5.14. The largest absolute Gasteiger partial charge is 0.288 e. The molecule has 0 unspecified atom stereocenters. The monoisotopic (exact) mass is 451 g/mol. The van der Waals surface area contributed by atoms with Crippen molar-refractivity contribution in [3.8, 4) is 0 Å². The lowest BCUT2D eigenvalue weighted by atomic mass is 9.99. The number of halogens is 3. The highest BCUT2D eigenvalue weighted by Crippen LogP contribution is 2.46. The summed E-state index contributed by atoms with van der Waals surface area (Å²) in [5.74, 6) is -1.08. The van der Waals surface area contributed by atoms with Crippen LogP contribution < -0.4 is 0 Å². The number of aryl methyl sites for hydroxylation is 1. The zero-order chi connectivity index (χ0) is 19.5. The van der Waals surface area contributed by atoms with Crippen molar-refractivity contribution in [2.45, 2.75) is 18.8 Å². The van der Waals surface area contributed by atoms with E-state index in [1.54, 1.807) is 11.7 Å². The van der Waals surface area contributed by atoms with Gasteiger partial charge < -0.3 is 0 Å². The lowest BCUT2D eigenvalue weighted by Crippen LogP contribution is -2.08. The van der Waals surface area contributed by atoms with Crippen molar-refractivity contribution >= 4 is 49.9 Å². The molecule has 27 heavy (non-hydrogen) atoms. The molecule has 0 amide bonds. The van der Waals surface area contributed by atoms with Gasteiger partial charge in [0.05, 0.1) is 14.4 Å². The molecule has 0 N–H and O–H groups in total. The van der Waals surface area contributed by atoms with Crippen molar-refractivity contribution in [3.63, 3.8) is 0 Å². The van der Waals surface area contributed by atoms with E-state index in [0.29, 0.717) is 16.8 Å². The molecule has 1 aliphatic carbocycles. The molecule has 0 spiro atoms. The van der Waals surface area contributed by atoms with Gasteiger partial charge in [0.15, 0.2) is 0 Å². The van der Waals surface area contributed by atoms with Gasteiger partial charge in [-0.1, -0.05) is 11.6 Å². The second-order valence-corrected chi connectivity index (χ2v) is 7.67. The Kier molecular flexibility index (Phi) is 4.27. The number of carbonyl (C=O) groups excluding carboxylic acids is 1. The number of nitro groups is 1. The second kappa shape index (κ2) is 6.38. The Labute approximate surface area is 166 Å². The molecular formula is C18H12BrClFN3O3. The Bertz CT molecular complexity index is 1140. The average molecular weight is 453 g/mol. The summed E-state index contributed by atoms with van der Waals surface area (Å²) in [5.41, 5.74) is 0.672. The van der Waals surface area contributed by atoms with Crippen LogP contribution in [-0.4, -0.2) is 20.5 Å². The minimum atomic E-state index is -0.737. The Balaban J connectivity index is 2.01. The van der Waals surface area contributed by atoms with Crippen molar-refractivity contribution < 1.29 is 14.1 Å². The molecule has 1 heterocycles. The first-order valence-corrected chi connectivity index (χ1v) is 9.30. The summed E-state index contributed by atoms with van der Waals surface area (Å²) in [6, 6.07) is 4.71. The van der Waals surface area contributed by atoms with Gasteiger partial charge >= 0.3 is 0 Å². The van der Waals surface area contributed by atoms with Crippen LogP contribution in [-0.2, 0) is 7.05 Å². The molecule has 2 aromatic carbocycles. The summed E-state index contributed by atoms with van der Waals surface area (Å²) < 4.78 is 15.5. The van der Waals surface area contributed by atoms with E-state index >= 15 is 0 Å². The smallest absolute Gasteiger partial charge is 0.282 e. The van der Waals surface area contributed by atoms with Crippen molar-refractivity contribution in [1.29, 1.82) is 0 Å². The molecule has 0 atom stereocenters. The average Bonchev–Trinajstić information content (AvgIpc) is 3.38. The van der Waals surface area contributed by atoms with Crippen molar-refractivity contribution in [1.82, 2.24) is 9.78 Å². The zero-order valence-corrected chi connectivity index (χ0v) is 16.3. The van der Waals surface area contributed by atoms with Crippen LogP contribution in [0.3, 0.4) is 0 Å². The van der Waals surface area contributed by atoms with Gasteiger partial charge in [0.25, 0.3) is 5.69 Å². The fourth-order valence-electron chi connectivity index (χ4n) is 3.30. The molecule has 1 aliphatic rings. The Morgan fingerprint density at radius 3 is 2.74 bits per heavy atom. The van der Waals surface area contributed by atoms with Crippen molar-refractivity contribution in [2.24, 2.45) is 7.05 Å². The number of benzene rings is 2. The Morgan fingerprint density at radius 2 is 2.11 bits per heavy atom. The van der Waals surface area contributed by atoms with Gasteiger partial charge in [0, 0.05) is 35.7 Å². The van der Waals surface area contributed by atoms with E-state index in [-0.39, 0.29) is 26.3 Å². The van der Waals surface area contributed by atoms with Gasteiger partial charge in [0.1, 0.15) is 16.9 Å². The van der Waals surface area contributed by atoms with Crippen LogP contribution in [0.2, 0.25) is 5.02 Å². The highest BCUT2D eigenvalue weighted by Gasteiger charge is 2.34. The molecule has 0 radical (unpaired) electrons. The number of ketones is 1. The van der Waals surface area contributed by atoms with E-state index in [9.17, 15) is 19.3 Å². The standard InChI is InChI=1S/C18H12BrClFN3O3/c1-23-17(8-2-3-8)11-7-13(24(26)27)14(15(19)16(11)22-23)18(25)10-6-9(21)4-5-12(10)20/h4-8H,2-3H2,1H3. The van der Waals surface area contributed by atoms with E-state index in [4.69, 9.17) is 11.6 Å². The molecule has 1 saturated carbocycles. The number of fused-ring (bicyclic) bond motifs is 1. The second-order valence-electron chi connectivity index (χ2n) is 6.47. The lowest BCUT2D eigenvalue weighted by Gasteiger charge is -2.08. The van der Waals surface area contributed by atoms with Crippen LogP contribution in [0.1, 0.15) is 40.4 Å². The number of nitro benzene ring substituents is 1. The number of carbonyl (C=O) groups is 1. The minimum Gasteiger partial charge on any atom is -0.288 e. The third kappa shape index (κ3) is 2.93. The molecule has 1 aromatic heterocycles. The van der Waals surface area contributed by atoms with Crippen molar-refractivity contribution in [2.75, 3.05) is 0 Å². The van der Waals surface area contributed by atoms with Crippen LogP contribution in [0.5, 0.6) is 0 Å². The molecule has 6 nitrogen and oxygen atoms in total. The number of rotatable bonds is 4. The lowest BCUT2D eigenvalue weighted by molar-refractivity contribution is -0.385. The molecule has 0 bridgehead atoms. The topological polar surface area (TPSA) is 78.0 Å². The van der Waals surface area contributed by atoms with Crippen LogP contribution in [0, 0.1) is 15.9 Å². The van der Waals surface area contributed by atoms with Gasteiger partial charge in [-0.3, -0.25) is 19.6 Å². The minimum absolute atomic E-state index is 0.0161. The van der Waals surface area contributed by atoms with E-state index in [0.717, 1.165) is 30.7 Å². The number of hydrogen-bond acceptors (Lipinski definition) is 4. The summed E-state index contributed by atoms with van der Waals surface area (Å²) in [6.45, 7) is 0. The summed E-state index contributed by atoms with van der Waals surface area (Å²) in [7, 11) is 1.77. The van der Waals surface area contributed by atoms with E-state index in [1.807, 2.05) is 0 Å².